The van der Waals surface area contributed by atoms with Crippen molar-refractivity contribution in [3.05, 3.63) is 11.8 Å². The van der Waals surface area contributed by atoms with E-state index in [1.807, 2.05) is 0 Å². The normalized spacial score (nSPS) is 12.6. The van der Waals surface area contributed by atoms with Gasteiger partial charge in [0.05, 0.1) is 7.11 Å². The van der Waals surface area contributed by atoms with Gasteiger partial charge in [-0.1, -0.05) is 0 Å². The van der Waals surface area contributed by atoms with Gasteiger partial charge in [-0.25, -0.2) is 4.79 Å². The van der Waals surface area contributed by atoms with Gasteiger partial charge >= 0.3 is 24.0 Å². The summed E-state index contributed by atoms with van der Waals surface area (Å²) in [6.45, 7) is 0. The number of esters is 1. The molecule has 1 heterocycles. The molecule has 90 valence electrons. The standard InChI is InChI=1S/C6H3F5N2O3/c1-15-3(14)2-12-13-4(16-2)5(7,8)6(9,10)11/h1H3. The largest absolute Gasteiger partial charge is 0.463 e. The lowest BCUT2D eigenvalue weighted by molar-refractivity contribution is -0.297. The summed E-state index contributed by atoms with van der Waals surface area (Å²) in [4.78, 5) is 10.7. The van der Waals surface area contributed by atoms with Gasteiger partial charge in [0.25, 0.3) is 5.89 Å². The molecule has 0 aliphatic carbocycles. The molecule has 1 aromatic heterocycles. The van der Waals surface area contributed by atoms with Crippen molar-refractivity contribution in [2.75, 3.05) is 7.11 Å². The monoisotopic (exact) mass is 246 g/mol. The Labute approximate surface area is 84.2 Å². The van der Waals surface area contributed by atoms with Crippen LogP contribution in [0.25, 0.3) is 0 Å². The second-order valence-electron chi connectivity index (χ2n) is 2.48. The third-order valence-electron chi connectivity index (χ3n) is 1.41. The van der Waals surface area contributed by atoms with Gasteiger partial charge in [0.1, 0.15) is 0 Å². The molecular weight excluding hydrogens is 243 g/mol. The Morgan fingerprint density at radius 2 is 1.81 bits per heavy atom. The van der Waals surface area contributed by atoms with Crippen LogP contribution in [-0.2, 0) is 10.7 Å². The minimum atomic E-state index is -5.88. The Hall–Kier alpha value is -1.74. The van der Waals surface area contributed by atoms with Gasteiger partial charge in [-0.3, -0.25) is 0 Å². The zero-order chi connectivity index (χ0) is 12.6. The van der Waals surface area contributed by atoms with Crippen LogP contribution in [-0.4, -0.2) is 29.5 Å². The first-order valence-electron chi connectivity index (χ1n) is 3.57. The zero-order valence-corrected chi connectivity index (χ0v) is 7.51. The van der Waals surface area contributed by atoms with Crippen molar-refractivity contribution in [3.63, 3.8) is 0 Å². The summed E-state index contributed by atoms with van der Waals surface area (Å²) in [7, 11) is 0.869. The number of hydrogen-bond donors (Lipinski definition) is 0. The van der Waals surface area contributed by atoms with Crippen LogP contribution in [0.5, 0.6) is 0 Å². The molecule has 0 atom stereocenters. The molecule has 0 spiro atoms. The van der Waals surface area contributed by atoms with Crippen molar-refractivity contribution in [1.82, 2.24) is 10.2 Å². The number of halogens is 5. The van der Waals surface area contributed by atoms with E-state index in [2.05, 4.69) is 19.4 Å². The van der Waals surface area contributed by atoms with E-state index in [1.54, 1.807) is 0 Å². The van der Waals surface area contributed by atoms with E-state index >= 15 is 0 Å². The fourth-order valence-corrected chi connectivity index (χ4v) is 0.641. The maximum atomic E-state index is 12.6. The molecule has 0 N–H and O–H groups in total. The molecule has 16 heavy (non-hydrogen) atoms. The molecule has 0 bridgehead atoms. The average molecular weight is 246 g/mol. The fraction of sp³-hybridized carbons (Fsp3) is 0.500. The second kappa shape index (κ2) is 3.68. The first-order chi connectivity index (χ1) is 7.20. The Morgan fingerprint density at radius 1 is 1.25 bits per heavy atom. The zero-order valence-electron chi connectivity index (χ0n) is 7.51. The third kappa shape index (κ3) is 1.95. The van der Waals surface area contributed by atoms with Crippen LogP contribution >= 0.6 is 0 Å². The number of ether oxygens (including phenoxy) is 1. The Morgan fingerprint density at radius 3 is 2.25 bits per heavy atom. The highest BCUT2D eigenvalue weighted by atomic mass is 19.4. The van der Waals surface area contributed by atoms with Gasteiger partial charge in [-0.15, -0.1) is 10.2 Å². The maximum Gasteiger partial charge on any atom is 0.463 e. The summed E-state index contributed by atoms with van der Waals surface area (Å²) >= 11 is 0. The lowest BCUT2D eigenvalue weighted by Crippen LogP contribution is -2.34. The first-order valence-corrected chi connectivity index (χ1v) is 3.57. The average Bonchev–Trinajstić information content (AvgIpc) is 2.64. The highest BCUT2D eigenvalue weighted by Crippen LogP contribution is 2.42. The number of methoxy groups -OCH3 is 1. The molecule has 5 nitrogen and oxygen atoms in total. The van der Waals surface area contributed by atoms with E-state index in [-0.39, 0.29) is 0 Å². The van der Waals surface area contributed by atoms with Crippen LogP contribution < -0.4 is 0 Å². The van der Waals surface area contributed by atoms with E-state index in [4.69, 9.17) is 0 Å². The number of carbonyl (C=O) groups is 1. The Balaban J connectivity index is 3.07. The van der Waals surface area contributed by atoms with Crippen molar-refractivity contribution in [1.29, 1.82) is 0 Å². The Bertz CT molecular complexity index is 399. The minimum Gasteiger partial charge on any atom is -0.462 e. The van der Waals surface area contributed by atoms with Crippen molar-refractivity contribution in [2.24, 2.45) is 0 Å². The number of rotatable bonds is 2. The SMILES string of the molecule is COC(=O)c1nnc(C(F)(F)C(F)(F)F)o1. The molecule has 0 saturated heterocycles. The predicted octanol–water partition coefficient (Wildman–Crippen LogP) is 1.51. The molecular formula is C6H3F5N2O3. The van der Waals surface area contributed by atoms with Gasteiger partial charge in [0.2, 0.25) is 0 Å². The van der Waals surface area contributed by atoms with Gasteiger partial charge in [0, 0.05) is 0 Å². The number of hydrogen-bond acceptors (Lipinski definition) is 5. The van der Waals surface area contributed by atoms with Gasteiger partial charge in [-0.05, 0) is 0 Å². The second-order valence-corrected chi connectivity index (χ2v) is 2.48. The molecule has 0 aromatic carbocycles. The van der Waals surface area contributed by atoms with E-state index < -0.39 is 29.8 Å². The van der Waals surface area contributed by atoms with Crippen LogP contribution in [0.4, 0.5) is 22.0 Å². The summed E-state index contributed by atoms with van der Waals surface area (Å²) < 4.78 is 68.4. The van der Waals surface area contributed by atoms with Gasteiger partial charge < -0.3 is 9.15 Å². The molecule has 0 amide bonds. The number of nitrogens with zero attached hydrogens (tertiary/aromatic N) is 2. The van der Waals surface area contributed by atoms with Gasteiger partial charge in [0.15, 0.2) is 0 Å². The molecule has 10 heteroatoms. The van der Waals surface area contributed by atoms with E-state index in [9.17, 15) is 26.7 Å². The quantitative estimate of drug-likeness (QED) is 0.584. The minimum absolute atomic E-state index is 0.869. The van der Waals surface area contributed by atoms with Crippen molar-refractivity contribution in [3.8, 4) is 0 Å². The summed E-state index contributed by atoms with van der Waals surface area (Å²) in [5.41, 5.74) is 0. The van der Waals surface area contributed by atoms with Gasteiger partial charge in [-0.2, -0.15) is 22.0 Å². The molecule has 0 saturated carbocycles. The molecule has 0 radical (unpaired) electrons. The molecule has 0 aliphatic heterocycles. The van der Waals surface area contributed by atoms with Crippen LogP contribution in [0.2, 0.25) is 0 Å². The molecule has 0 unspecified atom stereocenters. The Kier molecular flexibility index (Phi) is 2.84. The molecule has 1 rings (SSSR count). The number of carbonyl (C=O) groups excluding carboxylic acids is 1. The summed E-state index contributed by atoms with van der Waals surface area (Å²) in [5, 5.41) is 5.13. The molecule has 0 aliphatic rings. The molecule has 0 fully saturated rings. The van der Waals surface area contributed by atoms with E-state index in [0.717, 1.165) is 7.11 Å². The fourth-order valence-electron chi connectivity index (χ4n) is 0.641. The number of alkyl halides is 5. The van der Waals surface area contributed by atoms with Crippen LogP contribution in [0.1, 0.15) is 16.6 Å². The number of aromatic nitrogens is 2. The molecule has 1 aromatic rings. The highest BCUT2D eigenvalue weighted by Gasteiger charge is 2.63. The van der Waals surface area contributed by atoms with Crippen LogP contribution in [0, 0.1) is 0 Å². The lowest BCUT2D eigenvalue weighted by atomic mass is 10.3. The lowest BCUT2D eigenvalue weighted by Gasteiger charge is -2.14. The smallest absolute Gasteiger partial charge is 0.462 e. The van der Waals surface area contributed by atoms with Crippen molar-refractivity contribution >= 4 is 5.97 Å². The summed E-state index contributed by atoms with van der Waals surface area (Å²) in [6, 6.07) is 0. The van der Waals surface area contributed by atoms with Crippen LogP contribution in [0.3, 0.4) is 0 Å². The summed E-state index contributed by atoms with van der Waals surface area (Å²) in [6.07, 6.45) is -5.88. The predicted molar refractivity (Wildman–Crippen MR) is 35.6 cm³/mol. The van der Waals surface area contributed by atoms with E-state index in [0.29, 0.717) is 0 Å². The van der Waals surface area contributed by atoms with Crippen molar-refractivity contribution in [2.45, 2.75) is 12.1 Å². The third-order valence-corrected chi connectivity index (χ3v) is 1.41. The maximum absolute atomic E-state index is 12.6. The summed E-state index contributed by atoms with van der Waals surface area (Å²) in [5.74, 6) is -9.72. The highest BCUT2D eigenvalue weighted by molar-refractivity contribution is 5.83. The van der Waals surface area contributed by atoms with E-state index in [1.165, 1.54) is 0 Å². The van der Waals surface area contributed by atoms with Crippen LogP contribution in [0.15, 0.2) is 4.42 Å². The first kappa shape index (κ1) is 12.3. The topological polar surface area (TPSA) is 65.2 Å². The van der Waals surface area contributed by atoms with Crippen molar-refractivity contribution < 1.29 is 35.9 Å².